The molecular formula is C25H26N2O2S. The molecule has 0 fully saturated rings. The molecule has 0 saturated heterocycles. The second-order valence-corrected chi connectivity index (χ2v) is 9.32. The molecule has 0 saturated carbocycles. The molecule has 0 spiro atoms. The van der Waals surface area contributed by atoms with Gasteiger partial charge in [-0.05, 0) is 62.2 Å². The Morgan fingerprint density at radius 2 is 1.53 bits per heavy atom. The van der Waals surface area contributed by atoms with Gasteiger partial charge in [-0.25, -0.2) is 12.7 Å². The number of hydrogen-bond acceptors (Lipinski definition) is 3. The first-order valence-corrected chi connectivity index (χ1v) is 11.6. The number of hydrogen-bond donors (Lipinski definition) is 0. The van der Waals surface area contributed by atoms with Crippen LogP contribution in [0.1, 0.15) is 36.6 Å². The van der Waals surface area contributed by atoms with Crippen molar-refractivity contribution in [3.63, 3.8) is 0 Å². The lowest BCUT2D eigenvalue weighted by atomic mass is 9.98. The van der Waals surface area contributed by atoms with Crippen molar-refractivity contribution in [2.75, 3.05) is 11.4 Å². The van der Waals surface area contributed by atoms with Crippen LogP contribution in [0.3, 0.4) is 0 Å². The average Bonchev–Trinajstić information content (AvgIpc) is 2.75. The molecule has 0 aromatic heterocycles. The topological polar surface area (TPSA) is 40.6 Å². The van der Waals surface area contributed by atoms with Gasteiger partial charge in [-0.2, -0.15) is 0 Å². The van der Waals surface area contributed by atoms with E-state index in [1.165, 1.54) is 0 Å². The SMILES string of the molecule is CCN(C1=Cc2ccccc2C(C)N1S(=O)(=O)c1ccc(C)cc1)c1ccccc1. The van der Waals surface area contributed by atoms with Crippen LogP contribution in [0.2, 0.25) is 0 Å². The van der Waals surface area contributed by atoms with Gasteiger partial charge < -0.3 is 4.90 Å². The maximum absolute atomic E-state index is 13.8. The van der Waals surface area contributed by atoms with Gasteiger partial charge >= 0.3 is 0 Å². The van der Waals surface area contributed by atoms with Gasteiger partial charge in [0.15, 0.2) is 0 Å². The van der Waals surface area contributed by atoms with E-state index in [2.05, 4.69) is 4.90 Å². The van der Waals surface area contributed by atoms with Crippen LogP contribution >= 0.6 is 0 Å². The Hall–Kier alpha value is -3.05. The zero-order chi connectivity index (χ0) is 21.3. The third-order valence-corrected chi connectivity index (χ3v) is 7.44. The molecular weight excluding hydrogens is 392 g/mol. The monoisotopic (exact) mass is 418 g/mol. The van der Waals surface area contributed by atoms with Crippen molar-refractivity contribution in [3.05, 3.63) is 101 Å². The van der Waals surface area contributed by atoms with Gasteiger partial charge in [-0.15, -0.1) is 0 Å². The summed E-state index contributed by atoms with van der Waals surface area (Å²) in [5.74, 6) is 0.662. The molecule has 0 bridgehead atoms. The molecule has 30 heavy (non-hydrogen) atoms. The second-order valence-electron chi connectivity index (χ2n) is 7.50. The number of aryl methyl sites for hydroxylation is 1. The van der Waals surface area contributed by atoms with Gasteiger partial charge in [0.2, 0.25) is 0 Å². The van der Waals surface area contributed by atoms with Crippen LogP contribution in [-0.4, -0.2) is 19.3 Å². The normalized spacial score (nSPS) is 16.0. The minimum Gasteiger partial charge on any atom is -0.327 e. The van der Waals surface area contributed by atoms with E-state index >= 15 is 0 Å². The fraction of sp³-hybridized carbons (Fsp3) is 0.200. The second kappa shape index (κ2) is 8.00. The number of sulfonamides is 1. The summed E-state index contributed by atoms with van der Waals surface area (Å²) < 4.78 is 29.2. The van der Waals surface area contributed by atoms with Gasteiger partial charge in [0.25, 0.3) is 10.0 Å². The van der Waals surface area contributed by atoms with E-state index < -0.39 is 10.0 Å². The van der Waals surface area contributed by atoms with Crippen molar-refractivity contribution in [3.8, 4) is 0 Å². The Morgan fingerprint density at radius 3 is 2.20 bits per heavy atom. The molecule has 154 valence electrons. The number of anilines is 1. The largest absolute Gasteiger partial charge is 0.327 e. The number of rotatable bonds is 5. The lowest BCUT2D eigenvalue weighted by Crippen LogP contribution is -2.42. The third-order valence-electron chi connectivity index (χ3n) is 5.55. The molecule has 3 aromatic rings. The van der Waals surface area contributed by atoms with Crippen molar-refractivity contribution in [2.24, 2.45) is 0 Å². The molecule has 0 amide bonds. The highest BCUT2D eigenvalue weighted by atomic mass is 32.2. The highest BCUT2D eigenvalue weighted by Crippen LogP contribution is 2.40. The summed E-state index contributed by atoms with van der Waals surface area (Å²) in [5.41, 5.74) is 4.04. The summed E-state index contributed by atoms with van der Waals surface area (Å²) in [6.45, 7) is 6.59. The summed E-state index contributed by atoms with van der Waals surface area (Å²) in [7, 11) is -3.76. The Bertz CT molecular complexity index is 1170. The van der Waals surface area contributed by atoms with Gasteiger partial charge in [-0.3, -0.25) is 0 Å². The summed E-state index contributed by atoms with van der Waals surface area (Å²) in [6.07, 6.45) is 1.98. The Morgan fingerprint density at radius 1 is 0.900 bits per heavy atom. The maximum Gasteiger partial charge on any atom is 0.265 e. The van der Waals surface area contributed by atoms with E-state index in [0.29, 0.717) is 17.3 Å². The molecule has 0 radical (unpaired) electrons. The highest BCUT2D eigenvalue weighted by molar-refractivity contribution is 7.89. The average molecular weight is 419 g/mol. The molecule has 1 aliphatic heterocycles. The first-order valence-electron chi connectivity index (χ1n) is 10.2. The first kappa shape index (κ1) is 20.2. The van der Waals surface area contributed by atoms with Crippen LogP contribution in [0.5, 0.6) is 0 Å². The van der Waals surface area contributed by atoms with Gasteiger partial charge in [0.1, 0.15) is 5.82 Å². The fourth-order valence-corrected chi connectivity index (χ4v) is 5.62. The smallest absolute Gasteiger partial charge is 0.265 e. The molecule has 0 N–H and O–H groups in total. The molecule has 0 aliphatic carbocycles. The molecule has 1 atom stereocenters. The van der Waals surface area contributed by atoms with E-state index in [1.54, 1.807) is 16.4 Å². The maximum atomic E-state index is 13.8. The van der Waals surface area contributed by atoms with Gasteiger partial charge in [-0.1, -0.05) is 60.2 Å². The van der Waals surface area contributed by atoms with Crippen LogP contribution in [0, 0.1) is 6.92 Å². The highest BCUT2D eigenvalue weighted by Gasteiger charge is 2.37. The Balaban J connectivity index is 1.91. The third kappa shape index (κ3) is 3.50. The van der Waals surface area contributed by atoms with Crippen LogP contribution in [0.15, 0.2) is 89.6 Å². The Kier molecular flexibility index (Phi) is 5.39. The van der Waals surface area contributed by atoms with Crippen LogP contribution < -0.4 is 4.90 Å². The fourth-order valence-electron chi connectivity index (χ4n) is 3.99. The first-order chi connectivity index (χ1) is 14.4. The quantitative estimate of drug-likeness (QED) is 0.543. The number of benzene rings is 3. The van der Waals surface area contributed by atoms with E-state index in [4.69, 9.17) is 0 Å². The number of nitrogens with zero attached hydrogens (tertiary/aromatic N) is 2. The standard InChI is InChI=1S/C25H26N2O2S/c1-4-26(22-11-6-5-7-12-22)25-18-21-10-8-9-13-24(21)20(3)27(25)30(28,29)23-16-14-19(2)15-17-23/h5-18,20H,4H2,1-3H3. The lowest BCUT2D eigenvalue weighted by Gasteiger charge is -2.41. The number of fused-ring (bicyclic) bond motifs is 1. The van der Waals surface area contributed by atoms with Crippen LogP contribution in [-0.2, 0) is 10.0 Å². The Labute approximate surface area is 179 Å². The van der Waals surface area contributed by atoms with Crippen molar-refractivity contribution >= 4 is 21.8 Å². The van der Waals surface area contributed by atoms with E-state index in [9.17, 15) is 8.42 Å². The van der Waals surface area contributed by atoms with Crippen molar-refractivity contribution in [1.29, 1.82) is 0 Å². The summed E-state index contributed by atoms with van der Waals surface area (Å²) in [6, 6.07) is 24.6. The number of para-hydroxylation sites is 1. The zero-order valence-electron chi connectivity index (χ0n) is 17.5. The minimum atomic E-state index is -3.76. The molecule has 4 nitrogen and oxygen atoms in total. The van der Waals surface area contributed by atoms with E-state index in [1.807, 2.05) is 93.6 Å². The van der Waals surface area contributed by atoms with E-state index in [-0.39, 0.29) is 6.04 Å². The van der Waals surface area contributed by atoms with Crippen molar-refractivity contribution in [2.45, 2.75) is 31.7 Å². The molecule has 3 aromatic carbocycles. The van der Waals surface area contributed by atoms with Crippen molar-refractivity contribution in [1.82, 2.24) is 4.31 Å². The van der Waals surface area contributed by atoms with Crippen molar-refractivity contribution < 1.29 is 8.42 Å². The van der Waals surface area contributed by atoms with Gasteiger partial charge in [0, 0.05) is 12.2 Å². The molecule has 1 aliphatic rings. The molecule has 4 rings (SSSR count). The molecule has 1 heterocycles. The predicted octanol–water partition coefficient (Wildman–Crippen LogP) is 5.59. The molecule has 1 unspecified atom stereocenters. The van der Waals surface area contributed by atoms with Crippen LogP contribution in [0.4, 0.5) is 5.69 Å². The summed E-state index contributed by atoms with van der Waals surface area (Å²) >= 11 is 0. The lowest BCUT2D eigenvalue weighted by molar-refractivity contribution is 0.392. The predicted molar refractivity (Wildman–Crippen MR) is 122 cm³/mol. The van der Waals surface area contributed by atoms with Crippen LogP contribution in [0.25, 0.3) is 6.08 Å². The van der Waals surface area contributed by atoms with Gasteiger partial charge in [0.05, 0.1) is 10.9 Å². The summed E-state index contributed by atoms with van der Waals surface area (Å²) in [5, 5.41) is 0. The summed E-state index contributed by atoms with van der Waals surface area (Å²) in [4.78, 5) is 2.35. The zero-order valence-corrected chi connectivity index (χ0v) is 18.3. The van der Waals surface area contributed by atoms with E-state index in [0.717, 1.165) is 22.4 Å². The minimum absolute atomic E-state index is 0.300. The molecule has 5 heteroatoms.